The first-order valence-corrected chi connectivity index (χ1v) is 12.9. The van der Waals surface area contributed by atoms with Gasteiger partial charge < -0.3 is 0 Å². The molecule has 0 unspecified atom stereocenters. The molecular formula is C26H51N2+. The summed E-state index contributed by atoms with van der Waals surface area (Å²) in [4.78, 5) is 0. The molecule has 1 aromatic rings. The average molecular weight is 392 g/mol. The van der Waals surface area contributed by atoms with Crippen molar-refractivity contribution in [3.8, 4) is 0 Å². The fraction of sp³-hybridized carbons (Fsp3) is 0.885. The molecule has 1 heterocycles. The minimum Gasteiger partial charge on any atom is -0.237 e. The monoisotopic (exact) mass is 391 g/mol. The molecule has 2 nitrogen and oxygen atoms in total. The summed E-state index contributed by atoms with van der Waals surface area (Å²) >= 11 is 0. The zero-order valence-corrected chi connectivity index (χ0v) is 19.5. The van der Waals surface area contributed by atoms with Gasteiger partial charge in [-0.25, -0.2) is 9.13 Å². The molecule has 0 aromatic carbocycles. The molecule has 0 fully saturated rings. The lowest BCUT2D eigenvalue weighted by molar-refractivity contribution is -0.696. The van der Waals surface area contributed by atoms with Gasteiger partial charge in [0.1, 0.15) is 12.4 Å². The van der Waals surface area contributed by atoms with E-state index in [0.29, 0.717) is 0 Å². The highest BCUT2D eigenvalue weighted by Gasteiger charge is 2.03. The fourth-order valence-electron chi connectivity index (χ4n) is 4.09. The van der Waals surface area contributed by atoms with E-state index in [1.807, 2.05) is 0 Å². The summed E-state index contributed by atoms with van der Waals surface area (Å²) in [7, 11) is 0. The second-order valence-electron chi connectivity index (χ2n) is 8.90. The molecule has 0 saturated heterocycles. The molecule has 0 bridgehead atoms. The highest BCUT2D eigenvalue weighted by atomic mass is 15.1. The Hall–Kier alpha value is -0.790. The van der Waals surface area contributed by atoms with E-state index in [1.54, 1.807) is 0 Å². The Morgan fingerprint density at radius 1 is 0.536 bits per heavy atom. The number of rotatable bonds is 21. The molecule has 0 aliphatic carbocycles. The van der Waals surface area contributed by atoms with Crippen LogP contribution in [0.1, 0.15) is 136 Å². The third-order valence-electron chi connectivity index (χ3n) is 6.04. The number of hydrogen-bond donors (Lipinski definition) is 0. The van der Waals surface area contributed by atoms with Gasteiger partial charge in [0.2, 0.25) is 6.33 Å². The van der Waals surface area contributed by atoms with Gasteiger partial charge in [-0.15, -0.1) is 0 Å². The van der Waals surface area contributed by atoms with Crippen molar-refractivity contribution >= 4 is 0 Å². The third kappa shape index (κ3) is 15.2. The Labute approximate surface area is 177 Å². The fourth-order valence-corrected chi connectivity index (χ4v) is 4.09. The maximum Gasteiger partial charge on any atom is 0.243 e. The van der Waals surface area contributed by atoms with E-state index in [1.165, 1.54) is 135 Å². The molecule has 0 atom stereocenters. The standard InChI is InChI=1S/C26H51N2/c1-3-5-7-9-11-13-15-17-19-21-23-28-25-24-27(26-28)22-20-18-16-14-12-10-8-6-4-2/h24-26H,3-23H2,1-2H3/q+1. The van der Waals surface area contributed by atoms with Crippen LogP contribution in [-0.4, -0.2) is 4.57 Å². The lowest BCUT2D eigenvalue weighted by Gasteiger charge is -2.02. The van der Waals surface area contributed by atoms with Gasteiger partial charge in [0.05, 0.1) is 13.1 Å². The van der Waals surface area contributed by atoms with Crippen molar-refractivity contribution in [3.05, 3.63) is 18.7 Å². The van der Waals surface area contributed by atoms with Gasteiger partial charge in [-0.05, 0) is 25.7 Å². The van der Waals surface area contributed by atoms with Crippen molar-refractivity contribution in [2.45, 2.75) is 149 Å². The summed E-state index contributed by atoms with van der Waals surface area (Å²) < 4.78 is 4.77. The van der Waals surface area contributed by atoms with Crippen molar-refractivity contribution in [1.82, 2.24) is 4.57 Å². The molecular weight excluding hydrogens is 340 g/mol. The summed E-state index contributed by atoms with van der Waals surface area (Å²) in [5.74, 6) is 0. The van der Waals surface area contributed by atoms with E-state index in [9.17, 15) is 0 Å². The lowest BCUT2D eigenvalue weighted by Crippen LogP contribution is -2.30. The molecule has 2 heteroatoms. The number of unbranched alkanes of at least 4 members (excludes halogenated alkanes) is 17. The normalized spacial score (nSPS) is 11.4. The third-order valence-corrected chi connectivity index (χ3v) is 6.04. The van der Waals surface area contributed by atoms with Crippen LogP contribution in [0.5, 0.6) is 0 Å². The van der Waals surface area contributed by atoms with E-state index >= 15 is 0 Å². The first kappa shape index (κ1) is 25.2. The second kappa shape index (κ2) is 19.5. The van der Waals surface area contributed by atoms with Gasteiger partial charge in [0.15, 0.2) is 0 Å². The average Bonchev–Trinajstić information content (AvgIpc) is 3.16. The van der Waals surface area contributed by atoms with Crippen LogP contribution >= 0.6 is 0 Å². The van der Waals surface area contributed by atoms with E-state index in [-0.39, 0.29) is 0 Å². The zero-order valence-electron chi connectivity index (χ0n) is 19.5. The van der Waals surface area contributed by atoms with Gasteiger partial charge in [-0.1, -0.05) is 110 Å². The van der Waals surface area contributed by atoms with Crippen molar-refractivity contribution in [3.63, 3.8) is 0 Å². The molecule has 0 aliphatic heterocycles. The number of aryl methyl sites for hydroxylation is 2. The van der Waals surface area contributed by atoms with Gasteiger partial charge in [0.25, 0.3) is 0 Å². The smallest absolute Gasteiger partial charge is 0.237 e. The first-order valence-electron chi connectivity index (χ1n) is 12.9. The SMILES string of the molecule is CCCCCCCCCCCC[n+]1ccn(CCCCCCCCCCC)c1. The molecule has 0 spiro atoms. The van der Waals surface area contributed by atoms with Gasteiger partial charge in [0, 0.05) is 0 Å². The van der Waals surface area contributed by atoms with E-state index in [0.717, 1.165) is 0 Å². The summed E-state index contributed by atoms with van der Waals surface area (Å²) in [5.41, 5.74) is 0. The Bertz CT molecular complexity index is 424. The van der Waals surface area contributed by atoms with Crippen molar-refractivity contribution < 1.29 is 4.57 Å². The largest absolute Gasteiger partial charge is 0.243 e. The van der Waals surface area contributed by atoms with Crippen molar-refractivity contribution in [2.24, 2.45) is 0 Å². The maximum atomic E-state index is 2.39. The number of hydrogen-bond acceptors (Lipinski definition) is 0. The molecule has 0 radical (unpaired) electrons. The quantitative estimate of drug-likeness (QED) is 0.147. The van der Waals surface area contributed by atoms with Gasteiger partial charge >= 0.3 is 0 Å². The van der Waals surface area contributed by atoms with E-state index < -0.39 is 0 Å². The molecule has 1 aromatic heterocycles. The van der Waals surface area contributed by atoms with Crippen LogP contribution in [0.4, 0.5) is 0 Å². The molecule has 0 amide bonds. The Morgan fingerprint density at radius 3 is 1.46 bits per heavy atom. The summed E-state index contributed by atoms with van der Waals surface area (Å²) in [6, 6.07) is 0. The van der Waals surface area contributed by atoms with Crippen LogP contribution in [0.25, 0.3) is 0 Å². The molecule has 1 rings (SSSR count). The van der Waals surface area contributed by atoms with Crippen LogP contribution in [0.15, 0.2) is 18.7 Å². The topological polar surface area (TPSA) is 8.81 Å². The highest BCUT2D eigenvalue weighted by Crippen LogP contribution is 2.11. The molecule has 164 valence electrons. The van der Waals surface area contributed by atoms with Crippen LogP contribution in [0.3, 0.4) is 0 Å². The van der Waals surface area contributed by atoms with E-state index in [2.05, 4.69) is 41.7 Å². The van der Waals surface area contributed by atoms with Crippen LogP contribution < -0.4 is 4.57 Å². The van der Waals surface area contributed by atoms with E-state index in [4.69, 9.17) is 0 Å². The highest BCUT2D eigenvalue weighted by molar-refractivity contribution is 4.66. The van der Waals surface area contributed by atoms with Gasteiger partial charge in [-0.2, -0.15) is 0 Å². The van der Waals surface area contributed by atoms with Crippen LogP contribution in [0.2, 0.25) is 0 Å². The molecule has 0 aliphatic rings. The lowest BCUT2D eigenvalue weighted by atomic mass is 10.1. The number of imidazole rings is 1. The number of aromatic nitrogens is 2. The Balaban J connectivity index is 1.89. The second-order valence-corrected chi connectivity index (χ2v) is 8.90. The first-order chi connectivity index (χ1) is 13.9. The Morgan fingerprint density at radius 2 is 0.964 bits per heavy atom. The van der Waals surface area contributed by atoms with Crippen LogP contribution in [0, 0.1) is 0 Å². The molecule has 0 saturated carbocycles. The molecule has 0 N–H and O–H groups in total. The molecule has 28 heavy (non-hydrogen) atoms. The predicted octanol–water partition coefficient (Wildman–Crippen LogP) is 8.23. The van der Waals surface area contributed by atoms with Gasteiger partial charge in [-0.3, -0.25) is 0 Å². The minimum atomic E-state index is 1.20. The van der Waals surface area contributed by atoms with Crippen molar-refractivity contribution in [1.29, 1.82) is 0 Å². The summed E-state index contributed by atoms with van der Waals surface area (Å²) in [5, 5.41) is 0. The van der Waals surface area contributed by atoms with Crippen LogP contribution in [-0.2, 0) is 13.1 Å². The number of nitrogens with zero attached hydrogens (tertiary/aromatic N) is 2. The summed E-state index contributed by atoms with van der Waals surface area (Å²) in [6.07, 6.45) is 33.7. The zero-order chi connectivity index (χ0) is 20.1. The maximum absolute atomic E-state index is 2.39. The summed E-state index contributed by atoms with van der Waals surface area (Å²) in [6.45, 7) is 6.98. The Kier molecular flexibility index (Phi) is 17.6. The predicted molar refractivity (Wildman–Crippen MR) is 124 cm³/mol. The van der Waals surface area contributed by atoms with Crippen molar-refractivity contribution in [2.75, 3.05) is 0 Å². The minimum absolute atomic E-state index is 1.20.